The molecule has 0 saturated carbocycles. The Bertz CT molecular complexity index is 556. The number of fused-ring (bicyclic) bond motifs is 1. The number of nitrogens with one attached hydrogen (secondary N) is 1. The zero-order chi connectivity index (χ0) is 14.6. The number of aliphatic hydroxyl groups is 1. The highest BCUT2D eigenvalue weighted by atomic mass is 32.2. The Balaban J connectivity index is 1.97. The minimum absolute atomic E-state index is 0.105. The van der Waals surface area contributed by atoms with Crippen LogP contribution in [0.1, 0.15) is 37.3 Å². The van der Waals surface area contributed by atoms with Crippen molar-refractivity contribution in [3.05, 3.63) is 35.4 Å². The minimum atomic E-state index is -3.27. The van der Waals surface area contributed by atoms with Gasteiger partial charge in [0.2, 0.25) is 10.0 Å². The Morgan fingerprint density at radius 1 is 1.30 bits per heavy atom. The van der Waals surface area contributed by atoms with Crippen LogP contribution < -0.4 is 4.72 Å². The highest BCUT2D eigenvalue weighted by Gasteiger charge is 2.32. The predicted molar refractivity (Wildman–Crippen MR) is 80.1 cm³/mol. The molecule has 0 spiro atoms. The standard InChI is InChI=1S/C15H23NO3S/c1-2-3-10-20(18,19)16-12-15(17)9-8-13-6-4-5-7-14(13)11-15/h4-7,16-17H,2-3,8-12H2,1H3. The second-order valence-electron chi connectivity index (χ2n) is 5.66. The maximum absolute atomic E-state index is 11.8. The lowest BCUT2D eigenvalue weighted by Crippen LogP contribution is -2.47. The fraction of sp³-hybridized carbons (Fsp3) is 0.600. The predicted octanol–water partition coefficient (Wildman–Crippen LogP) is 1.63. The van der Waals surface area contributed by atoms with Crippen LogP contribution in [0.15, 0.2) is 24.3 Å². The Labute approximate surface area is 121 Å². The topological polar surface area (TPSA) is 66.4 Å². The molecule has 20 heavy (non-hydrogen) atoms. The summed E-state index contributed by atoms with van der Waals surface area (Å²) in [7, 11) is -3.27. The molecule has 5 heteroatoms. The summed E-state index contributed by atoms with van der Waals surface area (Å²) in [5.41, 5.74) is 1.41. The van der Waals surface area contributed by atoms with Gasteiger partial charge in [0, 0.05) is 13.0 Å². The number of benzene rings is 1. The largest absolute Gasteiger partial charge is 0.388 e. The van der Waals surface area contributed by atoms with Crippen LogP contribution >= 0.6 is 0 Å². The molecule has 0 fully saturated rings. The van der Waals surface area contributed by atoms with Crippen molar-refractivity contribution in [2.75, 3.05) is 12.3 Å². The van der Waals surface area contributed by atoms with E-state index in [9.17, 15) is 13.5 Å². The molecule has 1 atom stereocenters. The van der Waals surface area contributed by atoms with Crippen molar-refractivity contribution < 1.29 is 13.5 Å². The zero-order valence-electron chi connectivity index (χ0n) is 11.9. The first-order valence-electron chi connectivity index (χ1n) is 7.21. The van der Waals surface area contributed by atoms with Crippen LogP contribution in [0.3, 0.4) is 0 Å². The van der Waals surface area contributed by atoms with Crippen molar-refractivity contribution in [2.45, 2.75) is 44.6 Å². The Kier molecular flexibility index (Phi) is 4.83. The van der Waals surface area contributed by atoms with E-state index in [1.54, 1.807) is 0 Å². The number of hydrogen-bond donors (Lipinski definition) is 2. The lowest BCUT2D eigenvalue weighted by molar-refractivity contribution is 0.0317. The third-order valence-electron chi connectivity index (χ3n) is 3.89. The van der Waals surface area contributed by atoms with Gasteiger partial charge in [-0.15, -0.1) is 0 Å². The van der Waals surface area contributed by atoms with E-state index in [2.05, 4.69) is 10.8 Å². The van der Waals surface area contributed by atoms with Gasteiger partial charge in [-0.1, -0.05) is 37.6 Å². The Hall–Kier alpha value is -0.910. The van der Waals surface area contributed by atoms with Crippen LogP contribution in [-0.2, 0) is 22.9 Å². The number of unbranched alkanes of at least 4 members (excludes halogenated alkanes) is 1. The summed E-state index contributed by atoms with van der Waals surface area (Å²) in [5.74, 6) is 0.135. The third kappa shape index (κ3) is 4.04. The summed E-state index contributed by atoms with van der Waals surface area (Å²) in [4.78, 5) is 0. The van der Waals surface area contributed by atoms with Crippen LogP contribution in [-0.4, -0.2) is 31.4 Å². The van der Waals surface area contributed by atoms with Crippen LogP contribution in [0.2, 0.25) is 0 Å². The quantitative estimate of drug-likeness (QED) is 0.838. The van der Waals surface area contributed by atoms with E-state index in [-0.39, 0.29) is 12.3 Å². The lowest BCUT2D eigenvalue weighted by Gasteiger charge is -2.33. The number of sulfonamides is 1. The normalized spacial score (nSPS) is 22.5. The van der Waals surface area contributed by atoms with Gasteiger partial charge < -0.3 is 5.11 Å². The summed E-state index contributed by atoms with van der Waals surface area (Å²) in [6, 6.07) is 8.03. The Morgan fingerprint density at radius 2 is 2.00 bits per heavy atom. The van der Waals surface area contributed by atoms with E-state index in [1.165, 1.54) is 5.56 Å². The number of aryl methyl sites for hydroxylation is 1. The van der Waals surface area contributed by atoms with E-state index in [0.717, 1.165) is 18.4 Å². The van der Waals surface area contributed by atoms with Crippen LogP contribution in [0.5, 0.6) is 0 Å². The van der Waals surface area contributed by atoms with Crippen molar-refractivity contribution in [1.82, 2.24) is 4.72 Å². The van der Waals surface area contributed by atoms with Gasteiger partial charge >= 0.3 is 0 Å². The summed E-state index contributed by atoms with van der Waals surface area (Å²) >= 11 is 0. The Morgan fingerprint density at radius 3 is 2.70 bits per heavy atom. The van der Waals surface area contributed by atoms with Crippen molar-refractivity contribution in [1.29, 1.82) is 0 Å². The first kappa shape index (κ1) is 15.5. The van der Waals surface area contributed by atoms with Crippen LogP contribution in [0.25, 0.3) is 0 Å². The highest BCUT2D eigenvalue weighted by Crippen LogP contribution is 2.28. The molecule has 0 bridgehead atoms. The second-order valence-corrected chi connectivity index (χ2v) is 7.59. The first-order valence-corrected chi connectivity index (χ1v) is 8.86. The maximum atomic E-state index is 11.8. The molecule has 2 rings (SSSR count). The van der Waals surface area contributed by atoms with Crippen LogP contribution in [0.4, 0.5) is 0 Å². The van der Waals surface area contributed by atoms with Gasteiger partial charge in [0.15, 0.2) is 0 Å². The zero-order valence-corrected chi connectivity index (χ0v) is 12.7. The molecular weight excluding hydrogens is 274 g/mol. The van der Waals surface area contributed by atoms with E-state index in [0.29, 0.717) is 19.3 Å². The molecule has 0 saturated heterocycles. The molecule has 0 radical (unpaired) electrons. The SMILES string of the molecule is CCCCS(=O)(=O)NCC1(O)CCc2ccccc2C1. The summed E-state index contributed by atoms with van der Waals surface area (Å²) in [5, 5.41) is 10.6. The smallest absolute Gasteiger partial charge is 0.211 e. The van der Waals surface area contributed by atoms with E-state index in [1.807, 2.05) is 25.1 Å². The van der Waals surface area contributed by atoms with Gasteiger partial charge in [0.1, 0.15) is 0 Å². The van der Waals surface area contributed by atoms with Gasteiger partial charge in [-0.25, -0.2) is 13.1 Å². The molecule has 1 unspecified atom stereocenters. The molecule has 0 aliphatic heterocycles. The fourth-order valence-electron chi connectivity index (χ4n) is 2.59. The summed E-state index contributed by atoms with van der Waals surface area (Å²) in [6.45, 7) is 2.06. The van der Waals surface area contributed by atoms with E-state index >= 15 is 0 Å². The van der Waals surface area contributed by atoms with Gasteiger partial charge in [0.05, 0.1) is 11.4 Å². The molecular formula is C15H23NO3S. The second kappa shape index (κ2) is 6.24. The first-order chi connectivity index (χ1) is 9.44. The van der Waals surface area contributed by atoms with E-state index < -0.39 is 15.6 Å². The van der Waals surface area contributed by atoms with Gasteiger partial charge in [0.25, 0.3) is 0 Å². The van der Waals surface area contributed by atoms with Gasteiger partial charge in [-0.2, -0.15) is 0 Å². The summed E-state index contributed by atoms with van der Waals surface area (Å²) in [6.07, 6.45) is 3.40. The van der Waals surface area contributed by atoms with Crippen LogP contribution in [0, 0.1) is 0 Å². The average molecular weight is 297 g/mol. The molecule has 2 N–H and O–H groups in total. The molecule has 0 heterocycles. The van der Waals surface area contributed by atoms with E-state index in [4.69, 9.17) is 0 Å². The number of rotatable bonds is 6. The van der Waals surface area contributed by atoms with Crippen molar-refractivity contribution in [3.63, 3.8) is 0 Å². The molecule has 0 aromatic heterocycles. The molecule has 1 aromatic rings. The fourth-order valence-corrected chi connectivity index (χ4v) is 3.89. The van der Waals surface area contributed by atoms with Crippen molar-refractivity contribution in [3.8, 4) is 0 Å². The molecule has 0 amide bonds. The maximum Gasteiger partial charge on any atom is 0.211 e. The van der Waals surface area contributed by atoms with Gasteiger partial charge in [-0.05, 0) is 30.4 Å². The monoisotopic (exact) mass is 297 g/mol. The third-order valence-corrected chi connectivity index (χ3v) is 5.30. The molecule has 1 aliphatic carbocycles. The van der Waals surface area contributed by atoms with Crippen molar-refractivity contribution in [2.24, 2.45) is 0 Å². The highest BCUT2D eigenvalue weighted by molar-refractivity contribution is 7.89. The average Bonchev–Trinajstić information content (AvgIpc) is 2.43. The molecule has 112 valence electrons. The number of hydrogen-bond acceptors (Lipinski definition) is 3. The molecule has 1 aliphatic rings. The minimum Gasteiger partial charge on any atom is -0.388 e. The summed E-state index contributed by atoms with van der Waals surface area (Å²) < 4.78 is 26.2. The lowest BCUT2D eigenvalue weighted by atomic mass is 9.80. The molecule has 4 nitrogen and oxygen atoms in total. The molecule has 1 aromatic carbocycles. The van der Waals surface area contributed by atoms with Crippen molar-refractivity contribution >= 4 is 10.0 Å². The van der Waals surface area contributed by atoms with Gasteiger partial charge in [-0.3, -0.25) is 0 Å².